The number of carbonyl (C=O) groups excluding carboxylic acids is 1. The number of benzene rings is 2. The Morgan fingerprint density at radius 2 is 1.88 bits per heavy atom. The Hall–Kier alpha value is -2.19. The average Bonchev–Trinajstić information content (AvgIpc) is 3.07. The maximum atomic E-state index is 13.5. The van der Waals surface area contributed by atoms with E-state index in [2.05, 4.69) is 20.8 Å². The number of morpholine rings is 1. The second kappa shape index (κ2) is 8.98. The van der Waals surface area contributed by atoms with Crippen molar-refractivity contribution < 1.29 is 13.9 Å². The van der Waals surface area contributed by atoms with Crippen LogP contribution >= 0.6 is 27.5 Å². The van der Waals surface area contributed by atoms with E-state index in [4.69, 9.17) is 20.8 Å². The van der Waals surface area contributed by atoms with Gasteiger partial charge in [0.25, 0.3) is 5.91 Å². The highest BCUT2D eigenvalue weighted by molar-refractivity contribution is 9.10. The van der Waals surface area contributed by atoms with Crippen molar-refractivity contribution in [2.45, 2.75) is 12.5 Å². The molecule has 32 heavy (non-hydrogen) atoms. The summed E-state index contributed by atoms with van der Waals surface area (Å²) in [6, 6.07) is 12.1. The van der Waals surface area contributed by atoms with E-state index in [0.717, 1.165) is 49.3 Å². The van der Waals surface area contributed by atoms with Gasteiger partial charge in [0.2, 0.25) is 5.76 Å². The minimum absolute atomic E-state index is 0.126. The zero-order chi connectivity index (χ0) is 22.2. The van der Waals surface area contributed by atoms with Gasteiger partial charge >= 0.3 is 0 Å². The maximum Gasteiger partial charge on any atom is 0.290 e. The molecule has 1 atom stereocenters. The van der Waals surface area contributed by atoms with Crippen molar-refractivity contribution in [3.63, 3.8) is 0 Å². The first-order chi connectivity index (χ1) is 15.5. The van der Waals surface area contributed by atoms with Gasteiger partial charge in [-0.2, -0.15) is 0 Å². The predicted octanol–water partition coefficient (Wildman–Crippen LogP) is 4.48. The molecule has 8 heteroatoms. The Labute approximate surface area is 198 Å². The van der Waals surface area contributed by atoms with E-state index in [1.165, 1.54) is 0 Å². The lowest BCUT2D eigenvalue weighted by Gasteiger charge is -2.29. The largest absolute Gasteiger partial charge is 0.450 e. The third-order valence-corrected chi connectivity index (χ3v) is 6.80. The summed E-state index contributed by atoms with van der Waals surface area (Å²) in [6.07, 6.45) is 0.795. The topological polar surface area (TPSA) is 63.0 Å². The number of rotatable bonds is 5. The Morgan fingerprint density at radius 1 is 1.06 bits per heavy atom. The van der Waals surface area contributed by atoms with Crippen LogP contribution in [0, 0.1) is 0 Å². The quantitative estimate of drug-likeness (QED) is 0.499. The molecule has 0 aliphatic carbocycles. The van der Waals surface area contributed by atoms with Crippen LogP contribution in [0.4, 0.5) is 0 Å². The predicted molar refractivity (Wildman–Crippen MR) is 126 cm³/mol. The average molecular weight is 518 g/mol. The number of amides is 1. The van der Waals surface area contributed by atoms with E-state index in [9.17, 15) is 9.59 Å². The third-order valence-electron chi connectivity index (χ3n) is 6.07. The summed E-state index contributed by atoms with van der Waals surface area (Å²) in [7, 11) is 0. The van der Waals surface area contributed by atoms with E-state index in [-0.39, 0.29) is 17.1 Å². The first-order valence-corrected chi connectivity index (χ1v) is 11.8. The van der Waals surface area contributed by atoms with Gasteiger partial charge in [0.15, 0.2) is 5.43 Å². The van der Waals surface area contributed by atoms with Crippen molar-refractivity contribution in [1.82, 2.24) is 9.80 Å². The van der Waals surface area contributed by atoms with Crippen molar-refractivity contribution in [2.75, 3.05) is 39.4 Å². The SMILES string of the molecule is O=C1c2oc3ccc(Cl)cc3c(=O)c2[C@@H](c2cccc(Br)c2)N1CCCN1CCOCC1. The number of hydrogen-bond acceptors (Lipinski definition) is 5. The summed E-state index contributed by atoms with van der Waals surface area (Å²) in [5.41, 5.74) is 1.41. The molecule has 1 fully saturated rings. The van der Waals surface area contributed by atoms with Crippen molar-refractivity contribution in [1.29, 1.82) is 0 Å². The molecule has 0 N–H and O–H groups in total. The van der Waals surface area contributed by atoms with Gasteiger partial charge in [-0.05, 0) is 42.3 Å². The van der Waals surface area contributed by atoms with Crippen LogP contribution in [0.2, 0.25) is 5.02 Å². The minimum atomic E-state index is -0.501. The van der Waals surface area contributed by atoms with Gasteiger partial charge in [0.05, 0.1) is 30.2 Å². The van der Waals surface area contributed by atoms with Crippen molar-refractivity contribution in [3.05, 3.63) is 79.1 Å². The Balaban J connectivity index is 1.54. The van der Waals surface area contributed by atoms with Gasteiger partial charge in [0, 0.05) is 35.7 Å². The zero-order valence-corrected chi connectivity index (χ0v) is 19.7. The number of fused-ring (bicyclic) bond motifs is 2. The molecule has 1 amide bonds. The number of hydrogen-bond donors (Lipinski definition) is 0. The van der Waals surface area contributed by atoms with Gasteiger partial charge in [-0.1, -0.05) is 39.7 Å². The highest BCUT2D eigenvalue weighted by atomic mass is 79.9. The summed E-state index contributed by atoms with van der Waals surface area (Å²) < 4.78 is 12.3. The van der Waals surface area contributed by atoms with Crippen molar-refractivity contribution in [3.8, 4) is 0 Å². The first kappa shape index (κ1) is 21.6. The molecular formula is C24H22BrClN2O4. The summed E-state index contributed by atoms with van der Waals surface area (Å²) >= 11 is 9.65. The van der Waals surface area contributed by atoms with Crippen molar-refractivity contribution >= 4 is 44.4 Å². The fraction of sp³-hybridized carbons (Fsp3) is 0.333. The Morgan fingerprint density at radius 3 is 2.66 bits per heavy atom. The molecule has 2 aliphatic heterocycles. The summed E-state index contributed by atoms with van der Waals surface area (Å²) in [5, 5.41) is 0.842. The summed E-state index contributed by atoms with van der Waals surface area (Å²) in [5.74, 6) is -0.123. The van der Waals surface area contributed by atoms with Crippen molar-refractivity contribution in [2.24, 2.45) is 0 Å². The molecule has 1 aromatic heterocycles. The van der Waals surface area contributed by atoms with Crippen LogP contribution < -0.4 is 5.43 Å². The van der Waals surface area contributed by atoms with Crippen LogP contribution in [-0.4, -0.2) is 55.1 Å². The highest BCUT2D eigenvalue weighted by Gasteiger charge is 2.42. The fourth-order valence-electron chi connectivity index (χ4n) is 4.54. The standard InChI is InChI=1S/C24H22BrClN2O4/c25-16-4-1-3-15(13-16)21-20-22(29)18-14-17(26)5-6-19(18)32-23(20)24(30)28(21)8-2-7-27-9-11-31-12-10-27/h1,3-6,13-14,21H,2,7-12H2/t21-/m1/s1. The number of ether oxygens (including phenoxy) is 1. The van der Waals surface area contributed by atoms with Gasteiger partial charge < -0.3 is 14.1 Å². The van der Waals surface area contributed by atoms with E-state index in [1.807, 2.05) is 24.3 Å². The molecule has 2 aliphatic rings. The first-order valence-electron chi connectivity index (χ1n) is 10.7. The smallest absolute Gasteiger partial charge is 0.290 e. The molecule has 0 spiro atoms. The van der Waals surface area contributed by atoms with Gasteiger partial charge in [-0.3, -0.25) is 14.5 Å². The van der Waals surface area contributed by atoms with Crippen LogP contribution in [0.15, 0.2) is 56.1 Å². The third kappa shape index (κ3) is 3.99. The number of carbonyl (C=O) groups is 1. The Bertz CT molecular complexity index is 1240. The van der Waals surface area contributed by atoms with E-state index >= 15 is 0 Å². The molecular weight excluding hydrogens is 496 g/mol. The highest BCUT2D eigenvalue weighted by Crippen LogP contribution is 2.39. The molecule has 0 radical (unpaired) electrons. The molecule has 0 bridgehead atoms. The molecule has 0 unspecified atom stereocenters. The Kier molecular flexibility index (Phi) is 6.07. The molecule has 0 saturated carbocycles. The summed E-state index contributed by atoms with van der Waals surface area (Å²) in [6.45, 7) is 4.66. The molecule has 3 heterocycles. The monoisotopic (exact) mass is 516 g/mol. The number of nitrogens with zero attached hydrogens (tertiary/aromatic N) is 2. The van der Waals surface area contributed by atoms with Gasteiger partial charge in [-0.15, -0.1) is 0 Å². The zero-order valence-electron chi connectivity index (χ0n) is 17.4. The van der Waals surface area contributed by atoms with Gasteiger partial charge in [0.1, 0.15) is 5.58 Å². The molecule has 2 aromatic carbocycles. The maximum absolute atomic E-state index is 13.5. The lowest BCUT2D eigenvalue weighted by molar-refractivity contribution is 0.0353. The lowest BCUT2D eigenvalue weighted by Crippen LogP contribution is -2.38. The second-order valence-corrected chi connectivity index (χ2v) is 9.43. The minimum Gasteiger partial charge on any atom is -0.450 e. The molecule has 6 nitrogen and oxygen atoms in total. The van der Waals surface area contributed by atoms with Crippen LogP contribution in [0.1, 0.15) is 34.1 Å². The van der Waals surface area contributed by atoms with Crippen LogP contribution in [-0.2, 0) is 4.74 Å². The summed E-state index contributed by atoms with van der Waals surface area (Å²) in [4.78, 5) is 31.1. The van der Waals surface area contributed by atoms with E-state index in [1.54, 1.807) is 23.1 Å². The molecule has 1 saturated heterocycles. The van der Waals surface area contributed by atoms with Crippen LogP contribution in [0.25, 0.3) is 11.0 Å². The molecule has 166 valence electrons. The second-order valence-electron chi connectivity index (χ2n) is 8.08. The molecule has 5 rings (SSSR count). The van der Waals surface area contributed by atoms with Crippen LogP contribution in [0.5, 0.6) is 0 Å². The lowest BCUT2D eigenvalue weighted by atomic mass is 9.98. The van der Waals surface area contributed by atoms with Crippen LogP contribution in [0.3, 0.4) is 0 Å². The fourth-order valence-corrected chi connectivity index (χ4v) is 5.12. The normalized spacial score (nSPS) is 19.0. The molecule has 3 aromatic rings. The van der Waals surface area contributed by atoms with E-state index in [0.29, 0.717) is 28.1 Å². The number of halogens is 2. The van der Waals surface area contributed by atoms with Gasteiger partial charge in [-0.25, -0.2) is 0 Å². The van der Waals surface area contributed by atoms with E-state index < -0.39 is 6.04 Å².